The summed E-state index contributed by atoms with van der Waals surface area (Å²) in [7, 11) is 0. The maximum absolute atomic E-state index is 13.8. The minimum Gasteiger partial charge on any atom is -0.366 e. The van der Waals surface area contributed by atoms with E-state index in [1.54, 1.807) is 30.3 Å². The van der Waals surface area contributed by atoms with Crippen molar-refractivity contribution in [2.75, 3.05) is 0 Å². The molecule has 0 saturated heterocycles. The number of hydrogen-bond donors (Lipinski definition) is 1. The van der Waals surface area contributed by atoms with Gasteiger partial charge in [-0.1, -0.05) is 12.1 Å². The van der Waals surface area contributed by atoms with Gasteiger partial charge in [-0.15, -0.1) is 0 Å². The number of benzene rings is 2. The first-order valence-electron chi connectivity index (χ1n) is 5.47. The van der Waals surface area contributed by atoms with Gasteiger partial charge in [0.2, 0.25) is 5.91 Å². The van der Waals surface area contributed by atoms with Crippen LogP contribution in [0.2, 0.25) is 0 Å². The number of carbonyl (C=O) groups is 1. The first-order chi connectivity index (χ1) is 9.15. The number of amides is 1. The van der Waals surface area contributed by atoms with Gasteiger partial charge in [-0.3, -0.25) is 4.79 Å². The monoisotopic (exact) mass is 257 g/mol. The van der Waals surface area contributed by atoms with Crippen LogP contribution < -0.4 is 5.73 Å². The number of primary amides is 1. The number of fused-ring (bicyclic) bond motifs is 1. The van der Waals surface area contributed by atoms with E-state index in [0.717, 1.165) is 0 Å². The van der Waals surface area contributed by atoms with Gasteiger partial charge < -0.3 is 5.73 Å². The highest BCUT2D eigenvalue weighted by atomic mass is 19.1. The number of aromatic nitrogens is 2. The molecule has 1 amide bonds. The zero-order valence-corrected chi connectivity index (χ0v) is 9.63. The first kappa shape index (κ1) is 11.3. The van der Waals surface area contributed by atoms with Crippen LogP contribution in [0, 0.1) is 5.82 Å². The quantitative estimate of drug-likeness (QED) is 0.762. The van der Waals surface area contributed by atoms with Crippen LogP contribution in [0.4, 0.5) is 4.39 Å². The van der Waals surface area contributed by atoms with E-state index in [-0.39, 0.29) is 5.52 Å². The van der Waals surface area contributed by atoms with Gasteiger partial charge in [0.1, 0.15) is 5.52 Å². The highest BCUT2D eigenvalue weighted by Gasteiger charge is 2.11. The second kappa shape index (κ2) is 4.16. The minimum atomic E-state index is -0.536. The lowest BCUT2D eigenvalue weighted by molar-refractivity contribution is 0.100. The number of halogens is 1. The summed E-state index contributed by atoms with van der Waals surface area (Å²) in [6.07, 6.45) is 0. The average molecular weight is 257 g/mol. The zero-order chi connectivity index (χ0) is 13.4. The molecule has 5 nitrogen and oxygen atoms in total. The van der Waals surface area contributed by atoms with Crippen LogP contribution in [-0.4, -0.2) is 16.2 Å². The fraction of sp³-hybridized carbons (Fsp3) is 0. The lowest BCUT2D eigenvalue weighted by Crippen LogP contribution is -2.10. The summed E-state index contributed by atoms with van der Waals surface area (Å²) in [6.45, 7) is 0. The summed E-state index contributed by atoms with van der Waals surface area (Å²) in [5.74, 6) is -1.07. The Hall–Kier alpha value is -2.76. The van der Waals surface area contributed by atoms with Crippen molar-refractivity contribution in [3.8, 4) is 11.1 Å². The predicted octanol–water partition coefficient (Wildman–Crippen LogP) is 2.13. The highest BCUT2D eigenvalue weighted by molar-refractivity contribution is 5.94. The van der Waals surface area contributed by atoms with E-state index >= 15 is 0 Å². The number of hydrogen-bond acceptors (Lipinski definition) is 4. The maximum Gasteiger partial charge on any atom is 0.248 e. The van der Waals surface area contributed by atoms with Crippen LogP contribution in [0.15, 0.2) is 41.0 Å². The largest absolute Gasteiger partial charge is 0.366 e. The van der Waals surface area contributed by atoms with Gasteiger partial charge in [0.25, 0.3) is 0 Å². The summed E-state index contributed by atoms with van der Waals surface area (Å²) in [4.78, 5) is 11.1. The molecule has 3 aromatic rings. The third-order valence-electron chi connectivity index (χ3n) is 2.79. The van der Waals surface area contributed by atoms with Crippen LogP contribution in [0.3, 0.4) is 0 Å². The smallest absolute Gasteiger partial charge is 0.248 e. The van der Waals surface area contributed by atoms with E-state index in [0.29, 0.717) is 22.2 Å². The molecule has 3 rings (SSSR count). The SMILES string of the molecule is NC(=O)c1cccc(-c2cc(F)c3nonc3c2)c1. The molecule has 94 valence electrons. The number of nitrogens with two attached hydrogens (primary N) is 1. The third kappa shape index (κ3) is 1.93. The molecule has 0 bridgehead atoms. The van der Waals surface area contributed by atoms with E-state index in [4.69, 9.17) is 5.73 Å². The standard InChI is InChI=1S/C13H8FN3O2/c14-10-5-9(6-11-12(10)17-19-16-11)7-2-1-3-8(4-7)13(15)18/h1-6H,(H2,15,18). The van der Waals surface area contributed by atoms with Crippen molar-refractivity contribution in [2.45, 2.75) is 0 Å². The molecule has 0 unspecified atom stereocenters. The Morgan fingerprint density at radius 3 is 2.79 bits per heavy atom. The van der Waals surface area contributed by atoms with E-state index in [1.165, 1.54) is 6.07 Å². The van der Waals surface area contributed by atoms with Crippen molar-refractivity contribution in [1.82, 2.24) is 10.3 Å². The topological polar surface area (TPSA) is 82.0 Å². The van der Waals surface area contributed by atoms with E-state index in [1.807, 2.05) is 0 Å². The zero-order valence-electron chi connectivity index (χ0n) is 9.63. The molecule has 19 heavy (non-hydrogen) atoms. The lowest BCUT2D eigenvalue weighted by atomic mass is 10.0. The molecule has 0 aliphatic heterocycles. The Bertz CT molecular complexity index is 782. The van der Waals surface area contributed by atoms with Crippen molar-refractivity contribution in [2.24, 2.45) is 5.73 Å². The minimum absolute atomic E-state index is 0.0785. The Labute approximate surface area is 106 Å². The molecule has 6 heteroatoms. The number of rotatable bonds is 2. The average Bonchev–Trinajstić information content (AvgIpc) is 2.87. The van der Waals surface area contributed by atoms with Crippen LogP contribution in [-0.2, 0) is 0 Å². The van der Waals surface area contributed by atoms with Crippen LogP contribution in [0.5, 0.6) is 0 Å². The third-order valence-corrected chi connectivity index (χ3v) is 2.79. The van der Waals surface area contributed by atoms with E-state index in [2.05, 4.69) is 14.9 Å². The molecule has 0 aliphatic carbocycles. The Morgan fingerprint density at radius 1 is 1.16 bits per heavy atom. The molecule has 0 atom stereocenters. The van der Waals surface area contributed by atoms with Gasteiger partial charge in [0.15, 0.2) is 11.3 Å². The lowest BCUT2D eigenvalue weighted by Gasteiger charge is -2.03. The maximum atomic E-state index is 13.8. The molecule has 2 N–H and O–H groups in total. The van der Waals surface area contributed by atoms with Gasteiger partial charge in [-0.05, 0) is 45.7 Å². The van der Waals surface area contributed by atoms with Crippen molar-refractivity contribution in [1.29, 1.82) is 0 Å². The summed E-state index contributed by atoms with van der Waals surface area (Å²) < 4.78 is 18.3. The summed E-state index contributed by atoms with van der Waals surface area (Å²) in [5, 5.41) is 7.07. The van der Waals surface area contributed by atoms with Crippen molar-refractivity contribution in [3.05, 3.63) is 47.8 Å². The summed E-state index contributed by atoms with van der Waals surface area (Å²) in [6, 6.07) is 9.57. The van der Waals surface area contributed by atoms with Gasteiger partial charge in [-0.25, -0.2) is 9.02 Å². The Morgan fingerprint density at radius 2 is 2.00 bits per heavy atom. The summed E-state index contributed by atoms with van der Waals surface area (Å²) >= 11 is 0. The van der Waals surface area contributed by atoms with Crippen LogP contribution in [0.1, 0.15) is 10.4 Å². The van der Waals surface area contributed by atoms with Crippen molar-refractivity contribution in [3.63, 3.8) is 0 Å². The van der Waals surface area contributed by atoms with Crippen LogP contribution >= 0.6 is 0 Å². The predicted molar refractivity (Wildman–Crippen MR) is 65.7 cm³/mol. The highest BCUT2D eigenvalue weighted by Crippen LogP contribution is 2.25. The van der Waals surface area contributed by atoms with E-state index < -0.39 is 11.7 Å². The molecular formula is C13H8FN3O2. The molecule has 1 aromatic heterocycles. The van der Waals surface area contributed by atoms with Gasteiger partial charge >= 0.3 is 0 Å². The number of carbonyl (C=O) groups excluding carboxylic acids is 1. The molecule has 1 heterocycles. The first-order valence-corrected chi connectivity index (χ1v) is 5.47. The van der Waals surface area contributed by atoms with E-state index in [9.17, 15) is 9.18 Å². The van der Waals surface area contributed by atoms with Gasteiger partial charge in [0, 0.05) is 5.56 Å². The van der Waals surface area contributed by atoms with Crippen molar-refractivity contribution < 1.29 is 13.8 Å². The second-order valence-electron chi connectivity index (χ2n) is 4.04. The van der Waals surface area contributed by atoms with Gasteiger partial charge in [0.05, 0.1) is 0 Å². The normalized spacial score (nSPS) is 10.8. The molecule has 0 radical (unpaired) electrons. The molecular weight excluding hydrogens is 249 g/mol. The second-order valence-corrected chi connectivity index (χ2v) is 4.04. The number of nitrogens with zero attached hydrogens (tertiary/aromatic N) is 2. The Kier molecular flexibility index (Phi) is 2.49. The molecule has 2 aromatic carbocycles. The van der Waals surface area contributed by atoms with Crippen LogP contribution in [0.25, 0.3) is 22.2 Å². The van der Waals surface area contributed by atoms with Gasteiger partial charge in [-0.2, -0.15) is 0 Å². The fourth-order valence-corrected chi connectivity index (χ4v) is 1.87. The fourth-order valence-electron chi connectivity index (χ4n) is 1.87. The molecule has 0 spiro atoms. The van der Waals surface area contributed by atoms with Crippen molar-refractivity contribution >= 4 is 16.9 Å². The summed E-state index contributed by atoms with van der Waals surface area (Å²) in [5.41, 5.74) is 7.21. The molecule has 0 aliphatic rings. The Balaban J connectivity index is 2.18. The molecule has 0 saturated carbocycles. The molecule has 0 fully saturated rings.